The third kappa shape index (κ3) is 18.8. The molecule has 0 N–H and O–H groups in total. The Morgan fingerprint density at radius 1 is 0.579 bits per heavy atom. The van der Waals surface area contributed by atoms with Gasteiger partial charge in [-0.05, 0) is 12.2 Å². The van der Waals surface area contributed by atoms with Crippen molar-refractivity contribution in [2.45, 2.75) is 90.4 Å². The molecule has 0 nitrogen and oxygen atoms in total. The van der Waals surface area contributed by atoms with Gasteiger partial charge in [0.1, 0.15) is 0 Å². The summed E-state index contributed by atoms with van der Waals surface area (Å²) in [6.07, 6.45) is 18.9. The standard InChI is InChI=1S/C17H35BrS/c1-2-3-4-5-6-7-8-9-10-11-12-13-14-16-19-17-15-18/h2-17H2,1H3. The molecule has 0 saturated carbocycles. The topological polar surface area (TPSA) is 0 Å². The maximum Gasteiger partial charge on any atom is 0.0122 e. The Bertz CT molecular complexity index is 134. The van der Waals surface area contributed by atoms with Crippen LogP contribution in [0.4, 0.5) is 0 Å². The highest BCUT2D eigenvalue weighted by molar-refractivity contribution is 9.09. The van der Waals surface area contributed by atoms with Crippen LogP contribution in [0.3, 0.4) is 0 Å². The molecule has 0 heterocycles. The first-order valence-corrected chi connectivity index (χ1v) is 10.8. The molecule has 0 amide bonds. The Labute approximate surface area is 135 Å². The van der Waals surface area contributed by atoms with Crippen LogP contribution in [0.5, 0.6) is 0 Å². The third-order valence-electron chi connectivity index (χ3n) is 3.61. The van der Waals surface area contributed by atoms with Gasteiger partial charge in [-0.25, -0.2) is 0 Å². The molecule has 0 fully saturated rings. The van der Waals surface area contributed by atoms with Crippen molar-refractivity contribution in [2.75, 3.05) is 16.8 Å². The minimum absolute atomic E-state index is 1.15. The molecule has 0 aromatic heterocycles. The molecule has 0 saturated heterocycles. The summed E-state index contributed by atoms with van der Waals surface area (Å²) in [5.41, 5.74) is 0. The molecule has 0 aromatic rings. The van der Waals surface area contributed by atoms with Crippen molar-refractivity contribution in [1.82, 2.24) is 0 Å². The molecule has 0 aromatic carbocycles. The van der Waals surface area contributed by atoms with E-state index in [0.29, 0.717) is 0 Å². The minimum atomic E-state index is 1.15. The zero-order valence-corrected chi connectivity index (χ0v) is 15.5. The molecule has 0 spiro atoms. The van der Waals surface area contributed by atoms with Gasteiger partial charge in [-0.3, -0.25) is 0 Å². The number of alkyl halides is 1. The van der Waals surface area contributed by atoms with Gasteiger partial charge in [0.2, 0.25) is 0 Å². The van der Waals surface area contributed by atoms with Crippen LogP contribution in [0, 0.1) is 0 Å². The fraction of sp³-hybridized carbons (Fsp3) is 1.00. The van der Waals surface area contributed by atoms with Gasteiger partial charge in [0.25, 0.3) is 0 Å². The summed E-state index contributed by atoms with van der Waals surface area (Å²) < 4.78 is 0. The second-order valence-corrected chi connectivity index (χ2v) is 7.56. The van der Waals surface area contributed by atoms with Crippen LogP contribution in [-0.4, -0.2) is 16.8 Å². The predicted molar refractivity (Wildman–Crippen MR) is 96.8 cm³/mol. The van der Waals surface area contributed by atoms with Crippen LogP contribution < -0.4 is 0 Å². The van der Waals surface area contributed by atoms with Crippen molar-refractivity contribution >= 4 is 27.7 Å². The Balaban J connectivity index is 2.88. The van der Waals surface area contributed by atoms with Crippen LogP contribution in [0.15, 0.2) is 0 Å². The van der Waals surface area contributed by atoms with Gasteiger partial charge < -0.3 is 0 Å². The summed E-state index contributed by atoms with van der Waals surface area (Å²) in [4.78, 5) is 0. The molecule has 0 bridgehead atoms. The summed E-state index contributed by atoms with van der Waals surface area (Å²) in [6, 6.07) is 0. The summed E-state index contributed by atoms with van der Waals surface area (Å²) in [7, 11) is 0. The van der Waals surface area contributed by atoms with Crippen LogP contribution in [0.1, 0.15) is 90.4 Å². The fourth-order valence-corrected chi connectivity index (χ4v) is 3.79. The smallest absolute Gasteiger partial charge is 0.0122 e. The Morgan fingerprint density at radius 3 is 1.42 bits per heavy atom. The molecule has 0 rings (SSSR count). The quantitative estimate of drug-likeness (QED) is 0.209. The molecular formula is C17H35BrS. The molecule has 19 heavy (non-hydrogen) atoms. The zero-order valence-electron chi connectivity index (χ0n) is 13.1. The van der Waals surface area contributed by atoms with Gasteiger partial charge in [-0.2, -0.15) is 11.8 Å². The SMILES string of the molecule is CCCCCCCCCCCCCCCSCCBr. The number of hydrogen-bond acceptors (Lipinski definition) is 1. The molecule has 0 aliphatic carbocycles. The molecular weight excluding hydrogens is 316 g/mol. The van der Waals surface area contributed by atoms with Gasteiger partial charge in [-0.15, -0.1) is 0 Å². The molecule has 0 radical (unpaired) electrons. The van der Waals surface area contributed by atoms with E-state index >= 15 is 0 Å². The predicted octanol–water partition coefficient (Wildman–Crippen LogP) is 7.21. The summed E-state index contributed by atoms with van der Waals surface area (Å²) in [5, 5.41) is 1.15. The normalized spacial score (nSPS) is 11.1. The van der Waals surface area contributed by atoms with E-state index in [1.54, 1.807) is 0 Å². The van der Waals surface area contributed by atoms with E-state index in [-0.39, 0.29) is 0 Å². The van der Waals surface area contributed by atoms with Crippen molar-refractivity contribution in [2.24, 2.45) is 0 Å². The Morgan fingerprint density at radius 2 is 1.00 bits per heavy atom. The van der Waals surface area contributed by atoms with Crippen molar-refractivity contribution < 1.29 is 0 Å². The summed E-state index contributed by atoms with van der Waals surface area (Å²) in [5.74, 6) is 2.64. The van der Waals surface area contributed by atoms with E-state index in [1.165, 1.54) is 95.0 Å². The van der Waals surface area contributed by atoms with E-state index in [4.69, 9.17) is 0 Å². The first-order chi connectivity index (χ1) is 9.41. The van der Waals surface area contributed by atoms with Crippen LogP contribution in [0.2, 0.25) is 0 Å². The maximum atomic E-state index is 3.47. The molecule has 116 valence electrons. The van der Waals surface area contributed by atoms with E-state index in [2.05, 4.69) is 34.6 Å². The van der Waals surface area contributed by atoms with E-state index < -0.39 is 0 Å². The fourth-order valence-electron chi connectivity index (χ4n) is 2.38. The average molecular weight is 351 g/mol. The van der Waals surface area contributed by atoms with Crippen molar-refractivity contribution in [3.05, 3.63) is 0 Å². The first-order valence-electron chi connectivity index (χ1n) is 8.55. The number of hydrogen-bond donors (Lipinski definition) is 0. The minimum Gasteiger partial charge on any atom is -0.161 e. The second-order valence-electron chi connectivity index (χ2n) is 5.54. The summed E-state index contributed by atoms with van der Waals surface area (Å²) >= 11 is 5.56. The highest BCUT2D eigenvalue weighted by Gasteiger charge is 1.94. The molecule has 2 heteroatoms. The average Bonchev–Trinajstić information content (AvgIpc) is 2.43. The zero-order chi connectivity index (χ0) is 14.0. The van der Waals surface area contributed by atoms with Gasteiger partial charge in [0, 0.05) is 11.1 Å². The van der Waals surface area contributed by atoms with Gasteiger partial charge in [-0.1, -0.05) is 99.9 Å². The maximum absolute atomic E-state index is 3.47. The van der Waals surface area contributed by atoms with E-state index in [1.807, 2.05) is 0 Å². The largest absolute Gasteiger partial charge is 0.161 e. The van der Waals surface area contributed by atoms with Crippen molar-refractivity contribution in [1.29, 1.82) is 0 Å². The van der Waals surface area contributed by atoms with Crippen molar-refractivity contribution in [3.63, 3.8) is 0 Å². The first kappa shape index (κ1) is 19.8. The lowest BCUT2D eigenvalue weighted by Gasteiger charge is -2.03. The van der Waals surface area contributed by atoms with Gasteiger partial charge in [0.05, 0.1) is 0 Å². The number of thioether (sulfide) groups is 1. The van der Waals surface area contributed by atoms with Crippen molar-refractivity contribution in [3.8, 4) is 0 Å². The third-order valence-corrected chi connectivity index (χ3v) is 5.61. The van der Waals surface area contributed by atoms with E-state index in [9.17, 15) is 0 Å². The Hall–Kier alpha value is 0.830. The monoisotopic (exact) mass is 350 g/mol. The lowest BCUT2D eigenvalue weighted by atomic mass is 10.1. The second kappa shape index (κ2) is 18.8. The lowest BCUT2D eigenvalue weighted by Crippen LogP contribution is -1.86. The lowest BCUT2D eigenvalue weighted by molar-refractivity contribution is 0.543. The van der Waals surface area contributed by atoms with E-state index in [0.717, 1.165) is 5.33 Å². The number of unbranched alkanes of at least 4 members (excludes halogenated alkanes) is 12. The summed E-state index contributed by atoms with van der Waals surface area (Å²) in [6.45, 7) is 2.29. The van der Waals surface area contributed by atoms with Gasteiger partial charge in [0.15, 0.2) is 0 Å². The molecule has 0 unspecified atom stereocenters. The molecule has 0 aliphatic heterocycles. The number of halogens is 1. The number of rotatable bonds is 16. The van der Waals surface area contributed by atoms with Gasteiger partial charge >= 0.3 is 0 Å². The Kier molecular flexibility index (Phi) is 19.7. The highest BCUT2D eigenvalue weighted by Crippen LogP contribution is 2.13. The highest BCUT2D eigenvalue weighted by atomic mass is 79.9. The van der Waals surface area contributed by atoms with Crippen LogP contribution >= 0.6 is 27.7 Å². The van der Waals surface area contributed by atoms with Crippen LogP contribution in [-0.2, 0) is 0 Å². The molecule has 0 atom stereocenters. The van der Waals surface area contributed by atoms with Crippen LogP contribution in [0.25, 0.3) is 0 Å². The molecule has 0 aliphatic rings.